The average Bonchev–Trinajstić information content (AvgIpc) is 2.72. The summed E-state index contributed by atoms with van der Waals surface area (Å²) in [6.07, 6.45) is -3.90. The van der Waals surface area contributed by atoms with Gasteiger partial charge in [-0.1, -0.05) is 35.9 Å². The third-order valence-corrected chi connectivity index (χ3v) is 5.64. The van der Waals surface area contributed by atoms with Crippen molar-refractivity contribution in [2.75, 3.05) is 17.9 Å². The quantitative estimate of drug-likeness (QED) is 0.538. The van der Waals surface area contributed by atoms with Crippen molar-refractivity contribution in [1.82, 2.24) is 9.97 Å². The minimum atomic E-state index is -4.88. The summed E-state index contributed by atoms with van der Waals surface area (Å²) in [5, 5.41) is 9.44. The van der Waals surface area contributed by atoms with Gasteiger partial charge in [0.25, 0.3) is 10.0 Å². The molecule has 0 spiro atoms. The lowest BCUT2D eigenvalue weighted by atomic mass is 10.1. The van der Waals surface area contributed by atoms with E-state index in [9.17, 15) is 21.6 Å². The van der Waals surface area contributed by atoms with E-state index in [1.54, 1.807) is 0 Å². The number of ether oxygens (including phenoxy) is 1. The number of hydrogen-bond acceptors (Lipinski definition) is 6. The zero-order valence-electron chi connectivity index (χ0n) is 15.6. The van der Waals surface area contributed by atoms with Crippen LogP contribution in [0.3, 0.4) is 0 Å². The van der Waals surface area contributed by atoms with E-state index in [0.29, 0.717) is 16.7 Å². The lowest BCUT2D eigenvalue weighted by Crippen LogP contribution is -2.20. The van der Waals surface area contributed by atoms with E-state index in [0.717, 1.165) is 18.5 Å². The third-order valence-electron chi connectivity index (χ3n) is 3.99. The summed E-state index contributed by atoms with van der Waals surface area (Å²) in [4.78, 5) is 6.88. The zero-order chi connectivity index (χ0) is 22.6. The van der Waals surface area contributed by atoms with Gasteiger partial charge in [-0.3, -0.25) is 4.72 Å². The van der Waals surface area contributed by atoms with Crippen molar-refractivity contribution in [2.45, 2.75) is 11.1 Å². The second kappa shape index (κ2) is 9.08. The molecule has 0 aliphatic carbocycles. The van der Waals surface area contributed by atoms with Crippen LogP contribution in [-0.2, 0) is 16.2 Å². The second-order valence-corrected chi connectivity index (χ2v) is 8.17. The molecule has 0 unspecified atom stereocenters. The van der Waals surface area contributed by atoms with Crippen molar-refractivity contribution in [3.63, 3.8) is 0 Å². The SMILES string of the molecule is O=S(=O)(Nc1ncnc(OCCO)c1-c1ccc(Cl)cc1)c1ccccc1C(F)(F)F. The molecule has 2 N–H and O–H groups in total. The van der Waals surface area contributed by atoms with Gasteiger partial charge in [0.1, 0.15) is 12.9 Å². The third kappa shape index (κ3) is 5.24. The van der Waals surface area contributed by atoms with Gasteiger partial charge in [0, 0.05) is 5.02 Å². The van der Waals surface area contributed by atoms with E-state index < -0.39 is 26.7 Å². The minimum absolute atomic E-state index is 0.0701. The number of alkyl halides is 3. The standard InChI is InChI=1S/C19H15ClF3N3O4S/c20-13-7-5-12(6-8-13)16-17(24-11-25-18(16)30-10-9-27)26-31(28,29)15-4-2-1-3-14(15)19(21,22)23/h1-8,11,27H,9-10H2,(H,24,25,26). The molecule has 3 aromatic rings. The maximum absolute atomic E-state index is 13.3. The second-order valence-electron chi connectivity index (χ2n) is 6.08. The Balaban J connectivity index is 2.12. The number of aliphatic hydroxyl groups excluding tert-OH is 1. The summed E-state index contributed by atoms with van der Waals surface area (Å²) in [7, 11) is -4.69. The van der Waals surface area contributed by atoms with Crippen molar-refractivity contribution in [3.8, 4) is 17.0 Å². The summed E-state index contributed by atoms with van der Waals surface area (Å²) in [5.41, 5.74) is -0.859. The Morgan fingerprint density at radius 2 is 1.74 bits per heavy atom. The first-order valence-electron chi connectivity index (χ1n) is 8.67. The summed E-state index contributed by atoms with van der Waals surface area (Å²) in [6.45, 7) is -0.495. The highest BCUT2D eigenvalue weighted by Crippen LogP contribution is 2.38. The van der Waals surface area contributed by atoms with E-state index in [1.807, 2.05) is 0 Å². The average molecular weight is 474 g/mol. The molecular formula is C19H15ClF3N3O4S. The van der Waals surface area contributed by atoms with Crippen LogP contribution in [0.5, 0.6) is 5.88 Å². The highest BCUT2D eigenvalue weighted by atomic mass is 35.5. The van der Waals surface area contributed by atoms with Gasteiger partial charge in [-0.15, -0.1) is 0 Å². The lowest BCUT2D eigenvalue weighted by molar-refractivity contribution is -0.139. The molecule has 0 radical (unpaired) electrons. The predicted molar refractivity (Wildman–Crippen MR) is 107 cm³/mol. The van der Waals surface area contributed by atoms with Crippen molar-refractivity contribution in [2.24, 2.45) is 0 Å². The molecule has 12 heteroatoms. The largest absolute Gasteiger partial charge is 0.475 e. The molecule has 0 aliphatic heterocycles. The molecule has 1 aromatic heterocycles. The molecule has 3 rings (SSSR count). The number of nitrogens with zero attached hydrogens (tertiary/aromatic N) is 2. The molecule has 0 bridgehead atoms. The maximum Gasteiger partial charge on any atom is 0.417 e. The number of aliphatic hydroxyl groups is 1. The van der Waals surface area contributed by atoms with Gasteiger partial charge >= 0.3 is 6.18 Å². The Kier molecular flexibility index (Phi) is 6.68. The van der Waals surface area contributed by atoms with Crippen LogP contribution >= 0.6 is 11.6 Å². The Labute approximate surface area is 180 Å². The number of anilines is 1. The van der Waals surface area contributed by atoms with Crippen molar-refractivity contribution in [3.05, 3.63) is 65.4 Å². The van der Waals surface area contributed by atoms with Crippen LogP contribution in [0.2, 0.25) is 5.02 Å². The van der Waals surface area contributed by atoms with E-state index in [-0.39, 0.29) is 30.5 Å². The number of aromatic nitrogens is 2. The van der Waals surface area contributed by atoms with E-state index >= 15 is 0 Å². The maximum atomic E-state index is 13.3. The van der Waals surface area contributed by atoms with Gasteiger partial charge in [0.05, 0.1) is 22.6 Å². The normalized spacial score (nSPS) is 11.9. The van der Waals surface area contributed by atoms with Crippen molar-refractivity contribution < 1.29 is 31.4 Å². The van der Waals surface area contributed by atoms with Gasteiger partial charge in [-0.05, 0) is 29.8 Å². The fourth-order valence-corrected chi connectivity index (χ4v) is 4.07. The van der Waals surface area contributed by atoms with E-state index in [1.165, 1.54) is 30.3 Å². The fraction of sp³-hybridized carbons (Fsp3) is 0.158. The minimum Gasteiger partial charge on any atom is -0.475 e. The van der Waals surface area contributed by atoms with Gasteiger partial charge < -0.3 is 9.84 Å². The highest BCUT2D eigenvalue weighted by molar-refractivity contribution is 7.92. The van der Waals surface area contributed by atoms with Crippen LogP contribution < -0.4 is 9.46 Å². The first kappa shape index (κ1) is 22.8. The lowest BCUT2D eigenvalue weighted by Gasteiger charge is -2.17. The predicted octanol–water partition coefficient (Wildman–Crippen LogP) is 3.99. The van der Waals surface area contributed by atoms with Crippen LogP contribution in [0, 0.1) is 0 Å². The van der Waals surface area contributed by atoms with Crippen molar-refractivity contribution >= 4 is 27.4 Å². The molecule has 0 aliphatic rings. The Hall–Kier alpha value is -2.89. The van der Waals surface area contributed by atoms with Crippen LogP contribution in [0.15, 0.2) is 59.8 Å². The Bertz CT molecular complexity index is 1170. The molecule has 0 atom stereocenters. The highest BCUT2D eigenvalue weighted by Gasteiger charge is 2.37. The van der Waals surface area contributed by atoms with E-state index in [2.05, 4.69) is 14.7 Å². The zero-order valence-corrected chi connectivity index (χ0v) is 17.2. The van der Waals surface area contributed by atoms with Gasteiger partial charge in [-0.2, -0.15) is 13.2 Å². The molecule has 0 saturated carbocycles. The smallest absolute Gasteiger partial charge is 0.417 e. The van der Waals surface area contributed by atoms with E-state index in [4.69, 9.17) is 21.4 Å². The summed E-state index contributed by atoms with van der Waals surface area (Å²) < 4.78 is 73.2. The molecule has 7 nitrogen and oxygen atoms in total. The summed E-state index contributed by atoms with van der Waals surface area (Å²) >= 11 is 5.90. The monoisotopic (exact) mass is 473 g/mol. The summed E-state index contributed by atoms with van der Waals surface area (Å²) in [6, 6.07) is 9.91. The number of sulfonamides is 1. The number of hydrogen-bond donors (Lipinski definition) is 2. The van der Waals surface area contributed by atoms with Crippen LogP contribution in [0.25, 0.3) is 11.1 Å². The van der Waals surface area contributed by atoms with Crippen LogP contribution in [-0.4, -0.2) is 36.7 Å². The molecule has 1 heterocycles. The number of rotatable bonds is 7. The molecule has 2 aromatic carbocycles. The fourth-order valence-electron chi connectivity index (χ4n) is 2.69. The molecule has 0 fully saturated rings. The summed E-state index contributed by atoms with van der Waals surface area (Å²) in [5.74, 6) is -0.379. The molecule has 0 saturated heterocycles. The molecular weight excluding hydrogens is 459 g/mol. The van der Waals surface area contributed by atoms with Crippen LogP contribution in [0.4, 0.5) is 19.0 Å². The topological polar surface area (TPSA) is 101 Å². The molecule has 0 amide bonds. The molecule has 164 valence electrons. The number of halogens is 4. The van der Waals surface area contributed by atoms with Gasteiger partial charge in [0.15, 0.2) is 5.82 Å². The van der Waals surface area contributed by atoms with Gasteiger partial charge in [-0.25, -0.2) is 18.4 Å². The Morgan fingerprint density at radius 3 is 2.39 bits per heavy atom. The first-order chi connectivity index (χ1) is 14.6. The molecule has 31 heavy (non-hydrogen) atoms. The number of nitrogens with one attached hydrogen (secondary N) is 1. The first-order valence-corrected chi connectivity index (χ1v) is 10.5. The van der Waals surface area contributed by atoms with Crippen molar-refractivity contribution in [1.29, 1.82) is 0 Å². The Morgan fingerprint density at radius 1 is 1.06 bits per heavy atom. The number of benzene rings is 2. The van der Waals surface area contributed by atoms with Crippen LogP contribution in [0.1, 0.15) is 5.56 Å². The van der Waals surface area contributed by atoms with Gasteiger partial charge in [0.2, 0.25) is 5.88 Å².